The van der Waals surface area contributed by atoms with E-state index in [1.54, 1.807) is 11.8 Å². The molecule has 3 rings (SSSR count). The van der Waals surface area contributed by atoms with Crippen LogP contribution in [0.15, 0.2) is 65.8 Å². The van der Waals surface area contributed by atoms with Gasteiger partial charge in [0.05, 0.1) is 5.69 Å². The number of thioether (sulfide) groups is 1. The molecule has 0 fully saturated rings. The van der Waals surface area contributed by atoms with Crippen molar-refractivity contribution in [1.29, 1.82) is 0 Å². The van der Waals surface area contributed by atoms with Gasteiger partial charge >= 0.3 is 0 Å². The Balaban J connectivity index is 1.98. The van der Waals surface area contributed by atoms with Crippen LogP contribution in [0, 0.1) is 0 Å². The van der Waals surface area contributed by atoms with Crippen molar-refractivity contribution in [2.45, 2.75) is 32.4 Å². The Bertz CT molecular complexity index is 642. The number of benzene rings is 2. The number of nitrogens with zero attached hydrogens (tertiary/aromatic N) is 3. The van der Waals surface area contributed by atoms with Crippen LogP contribution in [0.1, 0.15) is 26.2 Å². The van der Waals surface area contributed by atoms with Gasteiger partial charge in [-0.2, -0.15) is 0 Å². The number of anilines is 2. The standard InChI is InChI=1S/C19H23N3S/c1-3-4-15-18-21(16-11-7-5-8-12-16)19(23-2)20-22(18)17-13-9-6-10-14-17/h5-14,18H,3-4,15H2,1-2H3. The third kappa shape index (κ3) is 3.37. The van der Waals surface area contributed by atoms with Gasteiger partial charge in [-0.15, -0.1) is 5.10 Å². The molecule has 0 aliphatic carbocycles. The van der Waals surface area contributed by atoms with Crippen molar-refractivity contribution in [3.05, 3.63) is 60.7 Å². The van der Waals surface area contributed by atoms with E-state index in [1.165, 1.54) is 18.5 Å². The van der Waals surface area contributed by atoms with Crippen molar-refractivity contribution in [2.75, 3.05) is 16.2 Å². The average Bonchev–Trinajstić information content (AvgIpc) is 3.00. The Labute approximate surface area is 143 Å². The highest BCUT2D eigenvalue weighted by Crippen LogP contribution is 2.34. The monoisotopic (exact) mass is 325 g/mol. The molecule has 1 aliphatic heterocycles. The third-order valence-electron chi connectivity index (χ3n) is 4.03. The van der Waals surface area contributed by atoms with Crippen LogP contribution in [0.4, 0.5) is 11.4 Å². The van der Waals surface area contributed by atoms with Crippen molar-refractivity contribution >= 4 is 28.3 Å². The van der Waals surface area contributed by atoms with E-state index in [9.17, 15) is 0 Å². The highest BCUT2D eigenvalue weighted by Gasteiger charge is 2.35. The number of unbranched alkanes of at least 4 members (excludes halogenated alkanes) is 1. The van der Waals surface area contributed by atoms with E-state index < -0.39 is 0 Å². The molecule has 0 saturated heterocycles. The van der Waals surface area contributed by atoms with Crippen LogP contribution in [0.5, 0.6) is 0 Å². The van der Waals surface area contributed by atoms with Gasteiger partial charge in [-0.3, -0.25) is 4.90 Å². The van der Waals surface area contributed by atoms with Gasteiger partial charge in [-0.1, -0.05) is 61.5 Å². The minimum atomic E-state index is 0.238. The minimum absolute atomic E-state index is 0.238. The van der Waals surface area contributed by atoms with Gasteiger partial charge in [0.15, 0.2) is 5.17 Å². The predicted octanol–water partition coefficient (Wildman–Crippen LogP) is 5.16. The number of amidine groups is 1. The van der Waals surface area contributed by atoms with E-state index in [1.807, 2.05) is 0 Å². The van der Waals surface area contributed by atoms with Gasteiger partial charge in [0.25, 0.3) is 0 Å². The van der Waals surface area contributed by atoms with Crippen LogP contribution in [0.25, 0.3) is 0 Å². The lowest BCUT2D eigenvalue weighted by Gasteiger charge is -2.31. The number of hydrogen-bond donors (Lipinski definition) is 0. The molecule has 3 nitrogen and oxygen atoms in total. The van der Waals surface area contributed by atoms with Gasteiger partial charge in [-0.25, -0.2) is 5.01 Å². The first-order valence-electron chi connectivity index (χ1n) is 8.16. The maximum atomic E-state index is 4.91. The van der Waals surface area contributed by atoms with Gasteiger partial charge in [0.2, 0.25) is 0 Å². The molecule has 0 bridgehead atoms. The Morgan fingerprint density at radius 2 is 1.57 bits per heavy atom. The van der Waals surface area contributed by atoms with Gasteiger partial charge in [-0.05, 0) is 43.4 Å². The van der Waals surface area contributed by atoms with Crippen molar-refractivity contribution < 1.29 is 0 Å². The van der Waals surface area contributed by atoms with Crippen molar-refractivity contribution in [3.8, 4) is 0 Å². The largest absolute Gasteiger partial charge is 0.297 e. The normalized spacial score (nSPS) is 17.5. The first-order chi connectivity index (χ1) is 11.3. The summed E-state index contributed by atoms with van der Waals surface area (Å²) >= 11 is 1.71. The molecule has 4 heteroatoms. The molecule has 0 saturated carbocycles. The molecular formula is C19H23N3S. The summed E-state index contributed by atoms with van der Waals surface area (Å²) in [5.41, 5.74) is 2.36. The van der Waals surface area contributed by atoms with Crippen molar-refractivity contribution in [1.82, 2.24) is 0 Å². The fraction of sp³-hybridized carbons (Fsp3) is 0.316. The van der Waals surface area contributed by atoms with E-state index in [0.29, 0.717) is 0 Å². The van der Waals surface area contributed by atoms with Gasteiger partial charge in [0, 0.05) is 5.69 Å². The zero-order valence-electron chi connectivity index (χ0n) is 13.7. The molecule has 23 heavy (non-hydrogen) atoms. The topological polar surface area (TPSA) is 18.8 Å². The summed E-state index contributed by atoms with van der Waals surface area (Å²) in [5.74, 6) is 0. The number of para-hydroxylation sites is 2. The summed E-state index contributed by atoms with van der Waals surface area (Å²) in [6.07, 6.45) is 5.81. The highest BCUT2D eigenvalue weighted by atomic mass is 32.2. The Kier molecular flexibility index (Phi) is 5.23. The molecule has 0 aromatic heterocycles. The summed E-state index contributed by atoms with van der Waals surface area (Å²) in [7, 11) is 0. The lowest BCUT2D eigenvalue weighted by atomic mass is 10.1. The maximum absolute atomic E-state index is 4.91. The quantitative estimate of drug-likeness (QED) is 0.756. The lowest BCUT2D eigenvalue weighted by molar-refractivity contribution is 0.570. The van der Waals surface area contributed by atoms with Gasteiger partial charge in [0.1, 0.15) is 6.17 Å². The molecule has 0 spiro atoms. The second-order valence-electron chi connectivity index (χ2n) is 5.60. The lowest BCUT2D eigenvalue weighted by Crippen LogP contribution is -2.41. The molecule has 1 atom stereocenters. The summed E-state index contributed by atoms with van der Waals surface area (Å²) in [6.45, 7) is 2.24. The van der Waals surface area contributed by atoms with Crippen LogP contribution in [0.2, 0.25) is 0 Å². The van der Waals surface area contributed by atoms with Crippen LogP contribution in [-0.2, 0) is 0 Å². The van der Waals surface area contributed by atoms with Crippen LogP contribution < -0.4 is 9.91 Å². The first kappa shape index (κ1) is 15.9. The fourth-order valence-electron chi connectivity index (χ4n) is 2.90. The Hall–Kier alpha value is -1.94. The molecule has 0 amide bonds. The average molecular weight is 325 g/mol. The van der Waals surface area contributed by atoms with Crippen LogP contribution in [-0.4, -0.2) is 17.6 Å². The van der Waals surface area contributed by atoms with Crippen molar-refractivity contribution in [3.63, 3.8) is 0 Å². The molecule has 0 radical (unpaired) electrons. The number of rotatable bonds is 5. The SMILES string of the molecule is CCCCC1N(c2ccccc2)N=C(SC)N1c1ccccc1. The van der Waals surface area contributed by atoms with E-state index >= 15 is 0 Å². The number of hydrazone groups is 1. The number of hydrogen-bond acceptors (Lipinski definition) is 4. The van der Waals surface area contributed by atoms with Crippen molar-refractivity contribution in [2.24, 2.45) is 5.10 Å². The molecule has 0 N–H and O–H groups in total. The zero-order chi connectivity index (χ0) is 16.1. The summed E-state index contributed by atoms with van der Waals surface area (Å²) in [4.78, 5) is 2.37. The molecule has 120 valence electrons. The Morgan fingerprint density at radius 3 is 2.13 bits per heavy atom. The maximum Gasteiger partial charge on any atom is 0.189 e. The molecule has 2 aromatic carbocycles. The Morgan fingerprint density at radius 1 is 0.957 bits per heavy atom. The minimum Gasteiger partial charge on any atom is -0.297 e. The second kappa shape index (κ2) is 7.55. The smallest absolute Gasteiger partial charge is 0.189 e. The summed E-state index contributed by atoms with van der Waals surface area (Å²) < 4.78 is 0. The molecule has 1 aliphatic rings. The molecule has 1 unspecified atom stereocenters. The van der Waals surface area contributed by atoms with E-state index in [2.05, 4.69) is 83.8 Å². The molecule has 2 aromatic rings. The van der Waals surface area contributed by atoms with E-state index in [0.717, 1.165) is 17.3 Å². The van der Waals surface area contributed by atoms with Gasteiger partial charge < -0.3 is 0 Å². The van der Waals surface area contributed by atoms with Crippen LogP contribution >= 0.6 is 11.8 Å². The summed E-state index contributed by atoms with van der Waals surface area (Å²) in [6, 6.07) is 21.0. The highest BCUT2D eigenvalue weighted by molar-refractivity contribution is 8.13. The van der Waals surface area contributed by atoms with E-state index in [-0.39, 0.29) is 6.17 Å². The molecule has 1 heterocycles. The molecular weight excluding hydrogens is 302 g/mol. The predicted molar refractivity (Wildman–Crippen MR) is 102 cm³/mol. The third-order valence-corrected chi connectivity index (χ3v) is 4.68. The fourth-order valence-corrected chi connectivity index (χ4v) is 3.50. The first-order valence-corrected chi connectivity index (χ1v) is 9.38. The summed E-state index contributed by atoms with van der Waals surface area (Å²) in [5, 5.41) is 8.14. The van der Waals surface area contributed by atoms with E-state index in [4.69, 9.17) is 5.10 Å². The zero-order valence-corrected chi connectivity index (χ0v) is 14.5. The van der Waals surface area contributed by atoms with Crippen LogP contribution in [0.3, 0.4) is 0 Å². The second-order valence-corrected chi connectivity index (χ2v) is 6.37.